The SMILES string of the molecule is O=C(CN1CCOCC1)N1CC[C@@H]2[C@H]1c1cc(-c3ccccc3)ccc1N[C@@H]2CO. The van der Waals surface area contributed by atoms with Crippen LogP contribution in [0.15, 0.2) is 48.5 Å². The predicted molar refractivity (Wildman–Crippen MR) is 116 cm³/mol. The fourth-order valence-corrected chi connectivity index (χ4v) is 5.19. The minimum absolute atomic E-state index is 0.00982. The number of carbonyl (C=O) groups is 1. The maximum absolute atomic E-state index is 13.3. The highest BCUT2D eigenvalue weighted by Crippen LogP contribution is 2.47. The van der Waals surface area contributed by atoms with Crippen LogP contribution in [0, 0.1) is 5.92 Å². The molecule has 0 aliphatic carbocycles. The molecule has 0 spiro atoms. The zero-order chi connectivity index (χ0) is 20.5. The lowest BCUT2D eigenvalue weighted by atomic mass is 9.82. The Kier molecular flexibility index (Phi) is 5.46. The number of morpholine rings is 1. The monoisotopic (exact) mass is 407 g/mol. The summed E-state index contributed by atoms with van der Waals surface area (Å²) in [7, 11) is 0. The maximum atomic E-state index is 13.3. The Hall–Kier alpha value is -2.41. The third-order valence-electron chi connectivity index (χ3n) is 6.76. The predicted octanol–water partition coefficient (Wildman–Crippen LogP) is 2.36. The van der Waals surface area contributed by atoms with Gasteiger partial charge >= 0.3 is 0 Å². The van der Waals surface area contributed by atoms with E-state index in [1.165, 1.54) is 11.1 Å². The third-order valence-corrected chi connectivity index (χ3v) is 6.76. The fraction of sp³-hybridized carbons (Fsp3) is 0.458. The molecule has 2 saturated heterocycles. The number of nitrogens with zero attached hydrogens (tertiary/aromatic N) is 2. The number of hydrogen-bond acceptors (Lipinski definition) is 5. The van der Waals surface area contributed by atoms with Gasteiger partial charge in [0, 0.05) is 31.2 Å². The Morgan fingerprint density at radius 2 is 1.87 bits per heavy atom. The van der Waals surface area contributed by atoms with Crippen LogP contribution in [0.4, 0.5) is 5.69 Å². The van der Waals surface area contributed by atoms with Crippen molar-refractivity contribution in [2.45, 2.75) is 18.5 Å². The molecule has 5 rings (SSSR count). The summed E-state index contributed by atoms with van der Waals surface area (Å²) < 4.78 is 5.42. The zero-order valence-corrected chi connectivity index (χ0v) is 17.2. The van der Waals surface area contributed by atoms with Gasteiger partial charge in [-0.15, -0.1) is 0 Å². The van der Waals surface area contributed by atoms with Crippen LogP contribution in [0.1, 0.15) is 18.0 Å². The average Bonchev–Trinajstić information content (AvgIpc) is 3.25. The summed E-state index contributed by atoms with van der Waals surface area (Å²) in [5.41, 5.74) is 4.52. The number of amides is 1. The van der Waals surface area contributed by atoms with Gasteiger partial charge in [0.1, 0.15) is 0 Å². The molecular formula is C24H29N3O3. The number of likely N-dealkylation sites (tertiary alicyclic amines) is 1. The number of nitrogens with one attached hydrogen (secondary N) is 1. The lowest BCUT2D eigenvalue weighted by molar-refractivity contribution is -0.134. The summed E-state index contributed by atoms with van der Waals surface area (Å²) in [5, 5.41) is 13.5. The van der Waals surface area contributed by atoms with Crippen molar-refractivity contribution in [1.29, 1.82) is 0 Å². The molecule has 2 fully saturated rings. The van der Waals surface area contributed by atoms with Gasteiger partial charge in [0.2, 0.25) is 5.91 Å². The van der Waals surface area contributed by atoms with Crippen LogP contribution in [-0.4, -0.2) is 72.9 Å². The molecule has 2 aromatic rings. The average molecular weight is 408 g/mol. The molecule has 30 heavy (non-hydrogen) atoms. The molecule has 0 radical (unpaired) electrons. The first-order valence-electron chi connectivity index (χ1n) is 10.9. The highest BCUT2D eigenvalue weighted by Gasteiger charge is 2.45. The van der Waals surface area contributed by atoms with Gasteiger partial charge in [-0.3, -0.25) is 9.69 Å². The van der Waals surface area contributed by atoms with Crippen molar-refractivity contribution in [3.05, 3.63) is 54.1 Å². The summed E-state index contributed by atoms with van der Waals surface area (Å²) in [6.07, 6.45) is 0.909. The Bertz CT molecular complexity index is 898. The number of ether oxygens (including phenoxy) is 1. The number of aliphatic hydroxyl groups excluding tert-OH is 1. The van der Waals surface area contributed by atoms with Crippen molar-refractivity contribution in [1.82, 2.24) is 9.80 Å². The molecule has 2 N–H and O–H groups in total. The number of aliphatic hydroxyl groups is 1. The number of anilines is 1. The first kappa shape index (κ1) is 19.5. The lowest BCUT2D eigenvalue weighted by Gasteiger charge is -2.40. The quantitative estimate of drug-likeness (QED) is 0.815. The maximum Gasteiger partial charge on any atom is 0.237 e. The first-order valence-corrected chi connectivity index (χ1v) is 10.9. The normalized spacial score (nSPS) is 26.0. The number of hydrogen-bond donors (Lipinski definition) is 2. The third kappa shape index (κ3) is 3.60. The van der Waals surface area contributed by atoms with Crippen LogP contribution in [0.5, 0.6) is 0 Å². The van der Waals surface area contributed by atoms with Gasteiger partial charge in [0.05, 0.1) is 38.4 Å². The smallest absolute Gasteiger partial charge is 0.237 e. The largest absolute Gasteiger partial charge is 0.394 e. The molecule has 3 atom stereocenters. The molecular weight excluding hydrogens is 378 g/mol. The van der Waals surface area contributed by atoms with Gasteiger partial charge in [-0.2, -0.15) is 0 Å². The van der Waals surface area contributed by atoms with E-state index in [1.807, 2.05) is 18.2 Å². The van der Waals surface area contributed by atoms with Gasteiger partial charge in [0.15, 0.2) is 0 Å². The van der Waals surface area contributed by atoms with Crippen LogP contribution >= 0.6 is 0 Å². The second-order valence-corrected chi connectivity index (χ2v) is 8.47. The summed E-state index contributed by atoms with van der Waals surface area (Å²) in [5.74, 6) is 0.404. The van der Waals surface area contributed by atoms with Crippen LogP contribution < -0.4 is 5.32 Å². The van der Waals surface area contributed by atoms with Crippen LogP contribution in [0.25, 0.3) is 11.1 Å². The highest BCUT2D eigenvalue weighted by molar-refractivity contribution is 5.80. The molecule has 0 aromatic heterocycles. The van der Waals surface area contributed by atoms with Crippen LogP contribution in [-0.2, 0) is 9.53 Å². The van der Waals surface area contributed by atoms with Gasteiger partial charge in [-0.25, -0.2) is 0 Å². The Morgan fingerprint density at radius 1 is 1.07 bits per heavy atom. The minimum Gasteiger partial charge on any atom is -0.394 e. The Balaban J connectivity index is 1.46. The van der Waals surface area contributed by atoms with Crippen molar-refractivity contribution >= 4 is 11.6 Å². The lowest BCUT2D eigenvalue weighted by Crippen LogP contribution is -2.47. The number of rotatable bonds is 4. The minimum atomic E-state index is -0.0220. The molecule has 2 aromatic carbocycles. The molecule has 0 saturated carbocycles. The Morgan fingerprint density at radius 3 is 2.63 bits per heavy atom. The van der Waals surface area contributed by atoms with E-state index in [0.29, 0.717) is 19.8 Å². The molecule has 0 unspecified atom stereocenters. The first-order chi connectivity index (χ1) is 14.7. The number of fused-ring (bicyclic) bond motifs is 3. The van der Waals surface area contributed by atoms with E-state index in [-0.39, 0.29) is 30.5 Å². The molecule has 3 heterocycles. The number of carbonyl (C=O) groups excluding carboxylic acids is 1. The van der Waals surface area contributed by atoms with E-state index >= 15 is 0 Å². The van der Waals surface area contributed by atoms with Gasteiger partial charge in [-0.1, -0.05) is 36.4 Å². The zero-order valence-electron chi connectivity index (χ0n) is 17.2. The van der Waals surface area contributed by atoms with Gasteiger partial charge < -0.3 is 20.1 Å². The van der Waals surface area contributed by atoms with E-state index in [4.69, 9.17) is 4.74 Å². The van der Waals surface area contributed by atoms with Gasteiger partial charge in [-0.05, 0) is 35.2 Å². The molecule has 6 nitrogen and oxygen atoms in total. The summed E-state index contributed by atoms with van der Waals surface area (Å²) in [6.45, 7) is 4.26. The molecule has 1 amide bonds. The molecule has 158 valence electrons. The van der Waals surface area contributed by atoms with Crippen LogP contribution in [0.2, 0.25) is 0 Å². The second kappa shape index (κ2) is 8.38. The van der Waals surface area contributed by atoms with Crippen molar-refractivity contribution in [3.63, 3.8) is 0 Å². The van der Waals surface area contributed by atoms with E-state index < -0.39 is 0 Å². The van der Waals surface area contributed by atoms with Crippen molar-refractivity contribution in [3.8, 4) is 11.1 Å². The molecule has 3 aliphatic heterocycles. The highest BCUT2D eigenvalue weighted by atomic mass is 16.5. The van der Waals surface area contributed by atoms with E-state index in [9.17, 15) is 9.90 Å². The van der Waals surface area contributed by atoms with Crippen LogP contribution in [0.3, 0.4) is 0 Å². The fourth-order valence-electron chi connectivity index (χ4n) is 5.19. The van der Waals surface area contributed by atoms with E-state index in [0.717, 1.165) is 37.3 Å². The van der Waals surface area contributed by atoms with E-state index in [2.05, 4.69) is 45.4 Å². The van der Waals surface area contributed by atoms with E-state index in [1.54, 1.807) is 0 Å². The Labute approximate surface area is 177 Å². The summed E-state index contributed by atoms with van der Waals surface area (Å²) in [4.78, 5) is 17.5. The molecule has 0 bridgehead atoms. The summed E-state index contributed by atoms with van der Waals surface area (Å²) >= 11 is 0. The standard InChI is InChI=1S/C24H29N3O3/c28-16-22-19-8-9-27(23(29)15-26-10-12-30-13-11-26)24(19)20-14-18(6-7-21(20)25-22)17-4-2-1-3-5-17/h1-7,14,19,22,24-25,28H,8-13,15-16H2/t19-,22+,24-/m0/s1. The number of benzene rings is 2. The summed E-state index contributed by atoms with van der Waals surface area (Å²) in [6, 6.07) is 16.8. The van der Waals surface area contributed by atoms with Gasteiger partial charge in [0.25, 0.3) is 0 Å². The van der Waals surface area contributed by atoms with Crippen molar-refractivity contribution in [2.24, 2.45) is 5.92 Å². The molecule has 3 aliphatic rings. The van der Waals surface area contributed by atoms with Crippen molar-refractivity contribution < 1.29 is 14.6 Å². The second-order valence-electron chi connectivity index (χ2n) is 8.47. The molecule has 6 heteroatoms. The topological polar surface area (TPSA) is 65.0 Å². The van der Waals surface area contributed by atoms with Crippen molar-refractivity contribution in [2.75, 3.05) is 51.3 Å².